The third-order valence-electron chi connectivity index (χ3n) is 1.50. The smallest absolute Gasteiger partial charge is 0.265 e. The van der Waals surface area contributed by atoms with E-state index >= 15 is 0 Å². The molecule has 1 rings (SSSR count). The van der Waals surface area contributed by atoms with Gasteiger partial charge in [0.1, 0.15) is 5.15 Å². The summed E-state index contributed by atoms with van der Waals surface area (Å²) < 4.78 is 24.5. The molecule has 0 bridgehead atoms. The maximum absolute atomic E-state index is 12.3. The summed E-state index contributed by atoms with van der Waals surface area (Å²) in [7, 11) is 0. The van der Waals surface area contributed by atoms with Gasteiger partial charge >= 0.3 is 0 Å². The van der Waals surface area contributed by atoms with E-state index in [0.29, 0.717) is 0 Å². The van der Waals surface area contributed by atoms with Crippen LogP contribution in [0.1, 0.15) is 17.6 Å². The fourth-order valence-electron chi connectivity index (χ4n) is 0.861. The SMILES string of the molecule is OCc1c(C(F)F)cnc(Cl)c1Cl. The Morgan fingerprint density at radius 3 is 2.54 bits per heavy atom. The molecule has 2 nitrogen and oxygen atoms in total. The summed E-state index contributed by atoms with van der Waals surface area (Å²) in [5, 5.41) is 8.56. The zero-order chi connectivity index (χ0) is 10.0. The molecule has 0 radical (unpaired) electrons. The van der Waals surface area contributed by atoms with E-state index in [1.54, 1.807) is 0 Å². The topological polar surface area (TPSA) is 33.1 Å². The number of rotatable bonds is 2. The maximum Gasteiger partial charge on any atom is 0.265 e. The zero-order valence-electron chi connectivity index (χ0n) is 6.27. The molecule has 0 aliphatic heterocycles. The van der Waals surface area contributed by atoms with E-state index in [4.69, 9.17) is 28.3 Å². The summed E-state index contributed by atoms with van der Waals surface area (Å²) >= 11 is 11.0. The van der Waals surface area contributed by atoms with E-state index in [1.165, 1.54) is 0 Å². The standard InChI is InChI=1S/C7H5Cl2F2NO/c8-5-4(2-13)3(7(10)11)1-12-6(5)9/h1,7,13H,2H2. The van der Waals surface area contributed by atoms with Gasteiger partial charge in [-0.05, 0) is 0 Å². The van der Waals surface area contributed by atoms with Crippen LogP contribution in [0.3, 0.4) is 0 Å². The number of hydrogen-bond acceptors (Lipinski definition) is 2. The second-order valence-corrected chi connectivity index (χ2v) is 2.99. The van der Waals surface area contributed by atoms with Crippen molar-refractivity contribution in [3.05, 3.63) is 27.5 Å². The minimum absolute atomic E-state index is 0.0725. The van der Waals surface area contributed by atoms with Gasteiger partial charge in [-0.1, -0.05) is 23.2 Å². The van der Waals surface area contributed by atoms with Crippen molar-refractivity contribution in [2.75, 3.05) is 0 Å². The van der Waals surface area contributed by atoms with Gasteiger partial charge in [0.05, 0.1) is 11.6 Å². The van der Waals surface area contributed by atoms with Crippen LogP contribution in [0.5, 0.6) is 0 Å². The average Bonchev–Trinajstić information content (AvgIpc) is 2.09. The van der Waals surface area contributed by atoms with Gasteiger partial charge in [-0.25, -0.2) is 13.8 Å². The zero-order valence-corrected chi connectivity index (χ0v) is 7.78. The first-order valence-electron chi connectivity index (χ1n) is 3.29. The first-order chi connectivity index (χ1) is 6.07. The molecule has 0 amide bonds. The summed E-state index contributed by atoms with van der Waals surface area (Å²) in [6, 6.07) is 0. The molecule has 0 aliphatic rings. The molecule has 0 atom stereocenters. The highest BCUT2D eigenvalue weighted by Crippen LogP contribution is 2.31. The molecule has 1 aromatic heterocycles. The summed E-state index contributed by atoms with van der Waals surface area (Å²) in [5.41, 5.74) is -0.464. The van der Waals surface area contributed by atoms with Gasteiger partial charge in [0, 0.05) is 17.3 Å². The molecule has 0 unspecified atom stereocenters. The number of hydrogen-bond donors (Lipinski definition) is 1. The Morgan fingerprint density at radius 2 is 2.08 bits per heavy atom. The monoisotopic (exact) mass is 227 g/mol. The Kier molecular flexibility index (Phi) is 3.41. The molecule has 13 heavy (non-hydrogen) atoms. The lowest BCUT2D eigenvalue weighted by Gasteiger charge is -2.08. The van der Waals surface area contributed by atoms with Gasteiger partial charge in [-0.15, -0.1) is 0 Å². The Labute approximate surface area is 83.1 Å². The molecule has 6 heteroatoms. The highest BCUT2D eigenvalue weighted by atomic mass is 35.5. The molecule has 1 heterocycles. The summed E-state index contributed by atoms with van der Waals surface area (Å²) in [5.74, 6) is 0. The Bertz CT molecular complexity index is 320. The van der Waals surface area contributed by atoms with Gasteiger partial charge in [0.2, 0.25) is 0 Å². The van der Waals surface area contributed by atoms with Crippen LogP contribution in [0.15, 0.2) is 6.20 Å². The van der Waals surface area contributed by atoms with Crippen molar-refractivity contribution in [3.63, 3.8) is 0 Å². The normalized spacial score (nSPS) is 10.9. The lowest BCUT2D eigenvalue weighted by atomic mass is 10.1. The van der Waals surface area contributed by atoms with E-state index in [0.717, 1.165) is 6.20 Å². The number of alkyl halides is 2. The largest absolute Gasteiger partial charge is 0.392 e. The number of halogens is 4. The Balaban J connectivity index is 3.30. The van der Waals surface area contributed by atoms with Crippen molar-refractivity contribution in [3.8, 4) is 0 Å². The third kappa shape index (κ3) is 2.07. The second kappa shape index (κ2) is 4.17. The molecular formula is C7H5Cl2F2NO. The predicted molar refractivity (Wildman–Crippen MR) is 45.1 cm³/mol. The van der Waals surface area contributed by atoms with E-state index in [2.05, 4.69) is 4.98 Å². The van der Waals surface area contributed by atoms with Gasteiger partial charge < -0.3 is 5.11 Å². The van der Waals surface area contributed by atoms with Crippen LogP contribution in [0, 0.1) is 0 Å². The highest BCUT2D eigenvalue weighted by molar-refractivity contribution is 6.41. The highest BCUT2D eigenvalue weighted by Gasteiger charge is 2.17. The van der Waals surface area contributed by atoms with Crippen LogP contribution >= 0.6 is 23.2 Å². The Morgan fingerprint density at radius 1 is 1.46 bits per heavy atom. The second-order valence-electron chi connectivity index (χ2n) is 2.26. The minimum Gasteiger partial charge on any atom is -0.392 e. The Hall–Kier alpha value is -0.450. The van der Waals surface area contributed by atoms with Crippen LogP contribution in [-0.4, -0.2) is 10.1 Å². The van der Waals surface area contributed by atoms with Crippen molar-refractivity contribution in [1.29, 1.82) is 0 Å². The fraction of sp³-hybridized carbons (Fsp3) is 0.286. The summed E-state index contributed by atoms with van der Waals surface area (Å²) in [6.45, 7) is -0.583. The quantitative estimate of drug-likeness (QED) is 0.789. The van der Waals surface area contributed by atoms with Crippen LogP contribution in [0.2, 0.25) is 10.2 Å². The van der Waals surface area contributed by atoms with Crippen molar-refractivity contribution >= 4 is 23.2 Å². The van der Waals surface area contributed by atoms with E-state index in [9.17, 15) is 8.78 Å². The predicted octanol–water partition coefficient (Wildman–Crippen LogP) is 2.82. The van der Waals surface area contributed by atoms with Crippen molar-refractivity contribution in [1.82, 2.24) is 4.98 Å². The molecule has 0 fully saturated rings. The number of nitrogens with zero attached hydrogens (tertiary/aromatic N) is 1. The van der Waals surface area contributed by atoms with Crippen molar-refractivity contribution < 1.29 is 13.9 Å². The molecule has 0 aliphatic carbocycles. The van der Waals surface area contributed by atoms with Crippen LogP contribution in [0.25, 0.3) is 0 Å². The first kappa shape index (κ1) is 10.6. The van der Waals surface area contributed by atoms with Crippen molar-refractivity contribution in [2.45, 2.75) is 13.0 Å². The molecule has 0 spiro atoms. The number of aromatic nitrogens is 1. The number of aliphatic hydroxyl groups excluding tert-OH is 1. The van der Waals surface area contributed by atoms with Crippen molar-refractivity contribution in [2.24, 2.45) is 0 Å². The van der Waals surface area contributed by atoms with E-state index in [1.807, 2.05) is 0 Å². The van der Waals surface area contributed by atoms with E-state index in [-0.39, 0.29) is 15.7 Å². The molecular weight excluding hydrogens is 223 g/mol. The van der Waals surface area contributed by atoms with E-state index < -0.39 is 18.6 Å². The summed E-state index contributed by atoms with van der Waals surface area (Å²) in [4.78, 5) is 3.45. The third-order valence-corrected chi connectivity index (χ3v) is 2.30. The molecule has 1 aromatic rings. The van der Waals surface area contributed by atoms with Crippen LogP contribution < -0.4 is 0 Å². The first-order valence-corrected chi connectivity index (χ1v) is 4.05. The van der Waals surface area contributed by atoms with Gasteiger partial charge in [0.25, 0.3) is 6.43 Å². The minimum atomic E-state index is -2.72. The summed E-state index contributed by atoms with van der Waals surface area (Å²) in [6.07, 6.45) is -1.81. The van der Waals surface area contributed by atoms with Gasteiger partial charge in [-0.3, -0.25) is 0 Å². The molecule has 72 valence electrons. The lowest BCUT2D eigenvalue weighted by Crippen LogP contribution is -1.98. The number of aliphatic hydroxyl groups is 1. The number of pyridine rings is 1. The molecule has 0 aromatic carbocycles. The van der Waals surface area contributed by atoms with Gasteiger partial charge in [-0.2, -0.15) is 0 Å². The lowest BCUT2D eigenvalue weighted by molar-refractivity contribution is 0.146. The maximum atomic E-state index is 12.3. The van der Waals surface area contributed by atoms with Crippen LogP contribution in [0.4, 0.5) is 8.78 Å². The molecule has 0 saturated carbocycles. The molecule has 1 N–H and O–H groups in total. The average molecular weight is 228 g/mol. The fourth-order valence-corrected chi connectivity index (χ4v) is 1.24. The molecule has 0 saturated heterocycles. The van der Waals surface area contributed by atoms with Gasteiger partial charge in [0.15, 0.2) is 0 Å². The van der Waals surface area contributed by atoms with Crippen LogP contribution in [-0.2, 0) is 6.61 Å².